The van der Waals surface area contributed by atoms with Crippen LogP contribution in [0, 0.1) is 0 Å². The molecule has 2 rings (SSSR count). The number of carbonyl (C=O) groups is 1. The molecule has 1 heterocycles. The number of benzene rings is 1. The van der Waals surface area contributed by atoms with Gasteiger partial charge in [-0.15, -0.1) is 0 Å². The first-order valence-corrected chi connectivity index (χ1v) is 6.05. The number of nitrogens with zero attached hydrogens (tertiary/aromatic N) is 2. The summed E-state index contributed by atoms with van der Waals surface area (Å²) in [5.74, 6) is -0.281. The highest BCUT2D eigenvalue weighted by atomic mass is 35.5. The van der Waals surface area contributed by atoms with Gasteiger partial charge in [-0.05, 0) is 39.0 Å². The molecule has 1 aromatic heterocycles. The van der Waals surface area contributed by atoms with E-state index in [-0.39, 0.29) is 12.5 Å². The van der Waals surface area contributed by atoms with Crippen LogP contribution >= 0.6 is 11.6 Å². The summed E-state index contributed by atoms with van der Waals surface area (Å²) < 4.78 is 7.02. The molecule has 0 aliphatic rings. The molecule has 0 radical (unpaired) electrons. The van der Waals surface area contributed by atoms with Crippen LogP contribution in [-0.2, 0) is 16.1 Å². The summed E-state index contributed by atoms with van der Waals surface area (Å²) in [6.45, 7) is 5.68. The normalized spacial score (nSPS) is 11.8. The minimum Gasteiger partial charge on any atom is -0.459 e. The molecule has 0 N–H and O–H groups in total. The summed E-state index contributed by atoms with van der Waals surface area (Å²) in [6, 6.07) is 5.38. The van der Waals surface area contributed by atoms with Gasteiger partial charge in [0, 0.05) is 5.02 Å². The molecule has 0 aliphatic carbocycles. The number of hydrogen-bond acceptors (Lipinski definition) is 3. The Morgan fingerprint density at radius 2 is 2.17 bits per heavy atom. The van der Waals surface area contributed by atoms with Crippen LogP contribution in [0.15, 0.2) is 24.5 Å². The Bertz CT molecular complexity index is 584. The first-order valence-electron chi connectivity index (χ1n) is 5.67. The highest BCUT2D eigenvalue weighted by Gasteiger charge is 2.17. The largest absolute Gasteiger partial charge is 0.459 e. The Labute approximate surface area is 111 Å². The van der Waals surface area contributed by atoms with Gasteiger partial charge < -0.3 is 9.30 Å². The molecular weight excluding hydrogens is 252 g/mol. The van der Waals surface area contributed by atoms with Crippen molar-refractivity contribution in [2.24, 2.45) is 0 Å². The fourth-order valence-electron chi connectivity index (χ4n) is 1.68. The molecule has 0 unspecified atom stereocenters. The van der Waals surface area contributed by atoms with Crippen molar-refractivity contribution >= 4 is 28.6 Å². The summed E-state index contributed by atoms with van der Waals surface area (Å²) in [5.41, 5.74) is 1.16. The molecule has 0 saturated carbocycles. The molecule has 96 valence electrons. The van der Waals surface area contributed by atoms with Crippen LogP contribution in [0.1, 0.15) is 20.8 Å². The Kier molecular flexibility index (Phi) is 3.30. The molecule has 0 atom stereocenters. The van der Waals surface area contributed by atoms with E-state index in [1.807, 2.05) is 26.8 Å². The van der Waals surface area contributed by atoms with Crippen molar-refractivity contribution in [3.05, 3.63) is 29.5 Å². The number of hydrogen-bond donors (Lipinski definition) is 0. The van der Waals surface area contributed by atoms with Crippen molar-refractivity contribution in [1.82, 2.24) is 9.55 Å². The first kappa shape index (κ1) is 12.9. The highest BCUT2D eigenvalue weighted by molar-refractivity contribution is 6.31. The van der Waals surface area contributed by atoms with E-state index in [2.05, 4.69) is 4.98 Å². The standard InChI is InChI=1S/C13H15ClN2O2/c1-13(2,3)18-12(17)7-16-8-15-10-6-9(14)4-5-11(10)16/h4-6,8H,7H2,1-3H3. The SMILES string of the molecule is CC(C)(C)OC(=O)Cn1cnc2cc(Cl)ccc21. The third-order valence-electron chi connectivity index (χ3n) is 2.30. The summed E-state index contributed by atoms with van der Waals surface area (Å²) >= 11 is 5.88. The molecule has 0 amide bonds. The molecule has 0 aliphatic heterocycles. The van der Waals surface area contributed by atoms with Crippen LogP contribution in [-0.4, -0.2) is 21.1 Å². The highest BCUT2D eigenvalue weighted by Crippen LogP contribution is 2.18. The smallest absolute Gasteiger partial charge is 0.326 e. The zero-order valence-electron chi connectivity index (χ0n) is 10.6. The number of esters is 1. The third kappa shape index (κ3) is 3.01. The zero-order chi connectivity index (χ0) is 13.3. The number of carbonyl (C=O) groups excluding carboxylic acids is 1. The summed E-state index contributed by atoms with van der Waals surface area (Å²) in [7, 11) is 0. The van der Waals surface area contributed by atoms with Crippen LogP contribution in [0.4, 0.5) is 0 Å². The van der Waals surface area contributed by atoms with Gasteiger partial charge in [-0.3, -0.25) is 4.79 Å². The van der Waals surface area contributed by atoms with Gasteiger partial charge in [0.2, 0.25) is 0 Å². The minimum absolute atomic E-state index is 0.148. The molecular formula is C13H15ClN2O2. The van der Waals surface area contributed by atoms with Gasteiger partial charge >= 0.3 is 5.97 Å². The second-order valence-electron chi connectivity index (χ2n) is 5.09. The average Bonchev–Trinajstić information content (AvgIpc) is 2.57. The molecule has 0 spiro atoms. The summed E-state index contributed by atoms with van der Waals surface area (Å²) in [6.07, 6.45) is 1.62. The Hall–Kier alpha value is -1.55. The van der Waals surface area contributed by atoms with Crippen molar-refractivity contribution in [1.29, 1.82) is 0 Å². The van der Waals surface area contributed by atoms with Gasteiger partial charge in [0.05, 0.1) is 17.4 Å². The lowest BCUT2D eigenvalue weighted by atomic mass is 10.2. The van der Waals surface area contributed by atoms with Gasteiger partial charge in [-0.25, -0.2) is 4.98 Å². The van der Waals surface area contributed by atoms with Crippen LogP contribution in [0.3, 0.4) is 0 Å². The van der Waals surface area contributed by atoms with Crippen molar-refractivity contribution in [2.45, 2.75) is 32.9 Å². The van der Waals surface area contributed by atoms with E-state index in [0.717, 1.165) is 11.0 Å². The second kappa shape index (κ2) is 4.61. The fourth-order valence-corrected chi connectivity index (χ4v) is 1.84. The van der Waals surface area contributed by atoms with Crippen molar-refractivity contribution in [3.63, 3.8) is 0 Å². The van der Waals surface area contributed by atoms with Gasteiger partial charge in [0.25, 0.3) is 0 Å². The predicted octanol–water partition coefficient (Wildman–Crippen LogP) is 3.03. The maximum Gasteiger partial charge on any atom is 0.326 e. The molecule has 0 saturated heterocycles. The van der Waals surface area contributed by atoms with Crippen molar-refractivity contribution in [2.75, 3.05) is 0 Å². The zero-order valence-corrected chi connectivity index (χ0v) is 11.4. The molecule has 1 aromatic carbocycles. The quantitative estimate of drug-likeness (QED) is 0.785. The third-order valence-corrected chi connectivity index (χ3v) is 2.54. The van der Waals surface area contributed by atoms with E-state index >= 15 is 0 Å². The number of fused-ring (bicyclic) bond motifs is 1. The molecule has 4 nitrogen and oxygen atoms in total. The number of imidazole rings is 1. The van der Waals surface area contributed by atoms with Crippen LogP contribution < -0.4 is 0 Å². The summed E-state index contributed by atoms with van der Waals surface area (Å²) in [5, 5.41) is 0.630. The van der Waals surface area contributed by atoms with Crippen LogP contribution in [0.2, 0.25) is 5.02 Å². The van der Waals surface area contributed by atoms with E-state index < -0.39 is 5.60 Å². The van der Waals surface area contributed by atoms with Gasteiger partial charge in [0.15, 0.2) is 0 Å². The Morgan fingerprint density at radius 3 is 2.83 bits per heavy atom. The monoisotopic (exact) mass is 266 g/mol. The first-order chi connectivity index (χ1) is 8.35. The lowest BCUT2D eigenvalue weighted by Gasteiger charge is -2.19. The van der Waals surface area contributed by atoms with Crippen molar-refractivity contribution < 1.29 is 9.53 Å². The van der Waals surface area contributed by atoms with Gasteiger partial charge in [-0.2, -0.15) is 0 Å². The number of aromatic nitrogens is 2. The summed E-state index contributed by atoms with van der Waals surface area (Å²) in [4.78, 5) is 15.9. The maximum atomic E-state index is 11.7. The Morgan fingerprint density at radius 1 is 1.44 bits per heavy atom. The Balaban J connectivity index is 2.20. The van der Waals surface area contributed by atoms with Crippen LogP contribution in [0.25, 0.3) is 11.0 Å². The fraction of sp³-hybridized carbons (Fsp3) is 0.385. The average molecular weight is 267 g/mol. The topological polar surface area (TPSA) is 44.1 Å². The number of ether oxygens (including phenoxy) is 1. The molecule has 18 heavy (non-hydrogen) atoms. The molecule has 5 heteroatoms. The number of halogens is 1. The van der Waals surface area contributed by atoms with Gasteiger partial charge in [0.1, 0.15) is 12.1 Å². The van der Waals surface area contributed by atoms with E-state index in [9.17, 15) is 4.79 Å². The molecule has 0 fully saturated rings. The minimum atomic E-state index is -0.475. The molecule has 0 bridgehead atoms. The lowest BCUT2D eigenvalue weighted by molar-refractivity contribution is -0.155. The predicted molar refractivity (Wildman–Crippen MR) is 70.6 cm³/mol. The lowest BCUT2D eigenvalue weighted by Crippen LogP contribution is -2.26. The second-order valence-corrected chi connectivity index (χ2v) is 5.53. The van der Waals surface area contributed by atoms with Crippen molar-refractivity contribution in [3.8, 4) is 0 Å². The van der Waals surface area contributed by atoms with E-state index in [1.165, 1.54) is 0 Å². The van der Waals surface area contributed by atoms with E-state index in [0.29, 0.717) is 5.02 Å². The maximum absolute atomic E-state index is 11.7. The number of rotatable bonds is 2. The van der Waals surface area contributed by atoms with E-state index in [1.54, 1.807) is 23.0 Å². The van der Waals surface area contributed by atoms with E-state index in [4.69, 9.17) is 16.3 Å². The molecule has 2 aromatic rings. The van der Waals surface area contributed by atoms with Gasteiger partial charge in [-0.1, -0.05) is 11.6 Å². The van der Waals surface area contributed by atoms with Crippen LogP contribution in [0.5, 0.6) is 0 Å².